The molecule has 2 rings (SSSR count). The van der Waals surface area contributed by atoms with Crippen LogP contribution in [0.2, 0.25) is 5.02 Å². The highest BCUT2D eigenvalue weighted by Crippen LogP contribution is 2.21. The number of nitrogens with one attached hydrogen (secondary N) is 1. The SMILES string of the molecule is NC(=NCCNS(=O)(=O)c1ccc(F)cc1Cl)N1CCSCC1. The van der Waals surface area contributed by atoms with Crippen LogP contribution in [0.4, 0.5) is 4.39 Å². The zero-order valence-corrected chi connectivity index (χ0v) is 14.7. The first-order valence-corrected chi connectivity index (χ1v) is 9.99. The number of sulfonamides is 1. The lowest BCUT2D eigenvalue weighted by atomic mass is 10.3. The summed E-state index contributed by atoms with van der Waals surface area (Å²) < 4.78 is 39.5. The molecule has 0 amide bonds. The molecule has 1 aliphatic heterocycles. The Bertz CT molecular complexity index is 679. The van der Waals surface area contributed by atoms with Gasteiger partial charge in [-0.15, -0.1) is 0 Å². The van der Waals surface area contributed by atoms with E-state index in [1.165, 1.54) is 0 Å². The Morgan fingerprint density at radius 3 is 2.78 bits per heavy atom. The number of aliphatic imine (C=N–C) groups is 1. The summed E-state index contributed by atoms with van der Waals surface area (Å²) in [5, 5.41) is -0.161. The topological polar surface area (TPSA) is 87.8 Å². The van der Waals surface area contributed by atoms with Crippen molar-refractivity contribution in [3.63, 3.8) is 0 Å². The molecule has 1 aromatic rings. The second kappa shape index (κ2) is 8.18. The lowest BCUT2D eigenvalue weighted by Crippen LogP contribution is -2.43. The Balaban J connectivity index is 1.89. The van der Waals surface area contributed by atoms with Crippen LogP contribution in [0.15, 0.2) is 28.1 Å². The van der Waals surface area contributed by atoms with Crippen LogP contribution in [0.3, 0.4) is 0 Å². The van der Waals surface area contributed by atoms with Crippen molar-refractivity contribution in [2.24, 2.45) is 10.7 Å². The van der Waals surface area contributed by atoms with E-state index < -0.39 is 15.8 Å². The second-order valence-corrected chi connectivity index (χ2v) is 8.18. The average molecular weight is 381 g/mol. The highest BCUT2D eigenvalue weighted by Gasteiger charge is 2.18. The molecule has 6 nitrogen and oxygen atoms in total. The van der Waals surface area contributed by atoms with E-state index in [0.717, 1.165) is 42.8 Å². The molecule has 10 heteroatoms. The fraction of sp³-hybridized carbons (Fsp3) is 0.462. The van der Waals surface area contributed by atoms with Crippen LogP contribution in [0.25, 0.3) is 0 Å². The minimum absolute atomic E-state index is 0.0827. The van der Waals surface area contributed by atoms with E-state index in [1.54, 1.807) is 0 Å². The monoisotopic (exact) mass is 380 g/mol. The summed E-state index contributed by atoms with van der Waals surface area (Å²) >= 11 is 7.63. The van der Waals surface area contributed by atoms with E-state index in [9.17, 15) is 12.8 Å². The Morgan fingerprint density at radius 1 is 1.43 bits per heavy atom. The highest BCUT2D eigenvalue weighted by molar-refractivity contribution is 7.99. The molecule has 0 bridgehead atoms. The van der Waals surface area contributed by atoms with Gasteiger partial charge in [0.05, 0.1) is 11.6 Å². The van der Waals surface area contributed by atoms with Crippen molar-refractivity contribution in [3.05, 3.63) is 29.0 Å². The molecule has 23 heavy (non-hydrogen) atoms. The van der Waals surface area contributed by atoms with Gasteiger partial charge in [0, 0.05) is 31.1 Å². The molecule has 0 saturated carbocycles. The maximum Gasteiger partial charge on any atom is 0.242 e. The third-order valence-corrected chi connectivity index (χ3v) is 6.08. The van der Waals surface area contributed by atoms with Crippen molar-refractivity contribution in [1.82, 2.24) is 9.62 Å². The second-order valence-electron chi connectivity index (χ2n) is 4.81. The lowest BCUT2D eigenvalue weighted by molar-refractivity contribution is 0.456. The third-order valence-electron chi connectivity index (χ3n) is 3.20. The number of nitrogens with zero attached hydrogens (tertiary/aromatic N) is 2. The van der Waals surface area contributed by atoms with Gasteiger partial charge in [0.2, 0.25) is 10.0 Å². The first kappa shape index (κ1) is 18.3. The molecule has 1 fully saturated rings. The summed E-state index contributed by atoms with van der Waals surface area (Å²) in [6, 6.07) is 3.13. The Hall–Kier alpha value is -1.03. The van der Waals surface area contributed by atoms with E-state index in [0.29, 0.717) is 5.96 Å². The quantitative estimate of drug-likeness (QED) is 0.454. The van der Waals surface area contributed by atoms with Gasteiger partial charge in [0.15, 0.2) is 5.96 Å². The van der Waals surface area contributed by atoms with Gasteiger partial charge in [-0.25, -0.2) is 17.5 Å². The van der Waals surface area contributed by atoms with Crippen LogP contribution in [-0.2, 0) is 10.0 Å². The molecule has 1 saturated heterocycles. The number of guanidine groups is 1. The van der Waals surface area contributed by atoms with Crippen molar-refractivity contribution in [1.29, 1.82) is 0 Å². The first-order chi connectivity index (χ1) is 10.9. The van der Waals surface area contributed by atoms with Crippen LogP contribution in [0, 0.1) is 5.82 Å². The Kier molecular flexibility index (Phi) is 6.51. The van der Waals surface area contributed by atoms with Crippen molar-refractivity contribution >= 4 is 39.3 Å². The minimum atomic E-state index is -3.81. The highest BCUT2D eigenvalue weighted by atomic mass is 35.5. The van der Waals surface area contributed by atoms with Crippen molar-refractivity contribution in [2.45, 2.75) is 4.90 Å². The molecular weight excluding hydrogens is 363 g/mol. The maximum absolute atomic E-state index is 13.0. The molecule has 0 spiro atoms. The fourth-order valence-corrected chi connectivity index (χ4v) is 4.47. The van der Waals surface area contributed by atoms with E-state index in [2.05, 4.69) is 9.71 Å². The van der Waals surface area contributed by atoms with Gasteiger partial charge >= 0.3 is 0 Å². The molecule has 1 aromatic carbocycles. The summed E-state index contributed by atoms with van der Waals surface area (Å²) in [6.07, 6.45) is 0. The molecule has 0 aliphatic carbocycles. The van der Waals surface area contributed by atoms with Crippen LogP contribution in [-0.4, -0.2) is 57.0 Å². The van der Waals surface area contributed by atoms with Gasteiger partial charge in [-0.2, -0.15) is 11.8 Å². The van der Waals surface area contributed by atoms with Crippen LogP contribution < -0.4 is 10.5 Å². The maximum atomic E-state index is 13.0. The van der Waals surface area contributed by atoms with Crippen LogP contribution >= 0.6 is 23.4 Å². The molecular formula is C13H18ClFN4O2S2. The van der Waals surface area contributed by atoms with Gasteiger partial charge in [0.1, 0.15) is 10.7 Å². The lowest BCUT2D eigenvalue weighted by Gasteiger charge is -2.27. The molecule has 0 aromatic heterocycles. The van der Waals surface area contributed by atoms with E-state index in [-0.39, 0.29) is 23.0 Å². The summed E-state index contributed by atoms with van der Waals surface area (Å²) in [5.41, 5.74) is 5.88. The van der Waals surface area contributed by atoms with Gasteiger partial charge in [0.25, 0.3) is 0 Å². The van der Waals surface area contributed by atoms with Crippen molar-refractivity contribution in [3.8, 4) is 0 Å². The van der Waals surface area contributed by atoms with Crippen LogP contribution in [0.1, 0.15) is 0 Å². The number of rotatable bonds is 5. The van der Waals surface area contributed by atoms with E-state index in [1.807, 2.05) is 16.7 Å². The predicted molar refractivity (Wildman–Crippen MR) is 92.0 cm³/mol. The van der Waals surface area contributed by atoms with Gasteiger partial charge in [-0.1, -0.05) is 11.6 Å². The molecule has 3 N–H and O–H groups in total. The van der Waals surface area contributed by atoms with Gasteiger partial charge in [-0.05, 0) is 18.2 Å². The number of hydrogen-bond acceptors (Lipinski definition) is 4. The van der Waals surface area contributed by atoms with E-state index in [4.69, 9.17) is 17.3 Å². The minimum Gasteiger partial charge on any atom is -0.370 e. The smallest absolute Gasteiger partial charge is 0.242 e. The van der Waals surface area contributed by atoms with Gasteiger partial charge < -0.3 is 10.6 Å². The molecule has 1 aliphatic rings. The molecule has 0 radical (unpaired) electrons. The zero-order valence-electron chi connectivity index (χ0n) is 12.3. The predicted octanol–water partition coefficient (Wildman–Crippen LogP) is 1.12. The van der Waals surface area contributed by atoms with Crippen LogP contribution in [0.5, 0.6) is 0 Å². The average Bonchev–Trinajstić information content (AvgIpc) is 2.52. The summed E-state index contributed by atoms with van der Waals surface area (Å²) in [5.74, 6) is 1.84. The standard InChI is InChI=1S/C13H18ClFN4O2S2/c14-11-9-10(15)1-2-12(11)23(20,21)18-4-3-17-13(16)19-5-7-22-8-6-19/h1-2,9,18H,3-8H2,(H2,16,17). The zero-order chi connectivity index (χ0) is 16.9. The van der Waals surface area contributed by atoms with Crippen molar-refractivity contribution < 1.29 is 12.8 Å². The van der Waals surface area contributed by atoms with Gasteiger partial charge in [-0.3, -0.25) is 4.99 Å². The molecule has 0 unspecified atom stereocenters. The number of thioether (sulfide) groups is 1. The molecule has 0 atom stereocenters. The van der Waals surface area contributed by atoms with E-state index >= 15 is 0 Å². The Labute approximate surface area is 144 Å². The number of benzene rings is 1. The summed E-state index contributed by atoms with van der Waals surface area (Å²) in [4.78, 5) is 5.98. The first-order valence-electron chi connectivity index (χ1n) is 6.97. The number of halogens is 2. The fourth-order valence-electron chi connectivity index (χ4n) is 2.01. The third kappa shape index (κ3) is 5.23. The normalized spacial score (nSPS) is 16.6. The molecule has 128 valence electrons. The number of nitrogens with two attached hydrogens (primary N) is 1. The molecule has 1 heterocycles. The summed E-state index contributed by atoms with van der Waals surface area (Å²) in [6.45, 7) is 1.99. The largest absolute Gasteiger partial charge is 0.370 e. The summed E-state index contributed by atoms with van der Waals surface area (Å²) in [7, 11) is -3.81. The Morgan fingerprint density at radius 2 is 2.13 bits per heavy atom. The number of hydrogen-bond donors (Lipinski definition) is 2. The van der Waals surface area contributed by atoms with Crippen molar-refractivity contribution in [2.75, 3.05) is 37.7 Å².